The average Bonchev–Trinajstić information content (AvgIpc) is 2.77. The fraction of sp³-hybridized carbons (Fsp3) is 0.417. The summed E-state index contributed by atoms with van der Waals surface area (Å²) in [5.41, 5.74) is 1.80. The van der Waals surface area contributed by atoms with E-state index in [2.05, 4.69) is 15.5 Å². The molecule has 34 heavy (non-hydrogen) atoms. The molecule has 2 amide bonds. The molecule has 10 heteroatoms. The van der Waals surface area contributed by atoms with E-state index in [1.54, 1.807) is 6.07 Å². The highest BCUT2D eigenvalue weighted by Gasteiger charge is 2.39. The third-order valence-electron chi connectivity index (χ3n) is 6.20. The maximum absolute atomic E-state index is 13.1. The lowest BCUT2D eigenvalue weighted by Gasteiger charge is -2.48. The number of carbonyl (C=O) groups excluding carboxylic acids is 2. The molecule has 182 valence electrons. The second-order valence-corrected chi connectivity index (χ2v) is 9.84. The van der Waals surface area contributed by atoms with Crippen molar-refractivity contribution in [2.45, 2.75) is 44.4 Å². The van der Waals surface area contributed by atoms with E-state index in [1.807, 2.05) is 18.2 Å². The van der Waals surface area contributed by atoms with Gasteiger partial charge in [0.1, 0.15) is 5.75 Å². The predicted octanol–water partition coefficient (Wildman–Crippen LogP) is 4.78. The zero-order valence-corrected chi connectivity index (χ0v) is 21.1. The van der Waals surface area contributed by atoms with Gasteiger partial charge in [-0.15, -0.1) is 0 Å². The molecule has 2 fully saturated rings. The van der Waals surface area contributed by atoms with E-state index in [-0.39, 0.29) is 35.0 Å². The van der Waals surface area contributed by atoms with Gasteiger partial charge in [-0.1, -0.05) is 40.9 Å². The smallest absolute Gasteiger partial charge is 0.255 e. The summed E-state index contributed by atoms with van der Waals surface area (Å²) in [6.07, 6.45) is 1.51. The number of hydrogen-bond acceptors (Lipinski definition) is 5. The number of rotatable bonds is 6. The Bertz CT molecular complexity index is 1080. The van der Waals surface area contributed by atoms with Crippen LogP contribution in [0.2, 0.25) is 15.1 Å². The standard InChI is InChI=1S/C24H26Cl3N3O4/c1-13(31)28-22-9-23(33-2)18(8-21(22)27)24(32)29-15-6-16-11-34-12-17(7-15)30(16)10-14-3-4-19(25)20(26)5-14/h3-5,8-9,15-17H,6-7,10-12H2,1-2H3,(H,28,31)(H,29,32). The van der Waals surface area contributed by atoms with Crippen molar-refractivity contribution in [1.82, 2.24) is 10.2 Å². The molecule has 0 radical (unpaired) electrons. The summed E-state index contributed by atoms with van der Waals surface area (Å²) in [6, 6.07) is 9.09. The van der Waals surface area contributed by atoms with Gasteiger partial charge in [-0.05, 0) is 36.6 Å². The number of piperidine rings is 1. The van der Waals surface area contributed by atoms with E-state index < -0.39 is 0 Å². The van der Waals surface area contributed by atoms with E-state index in [0.29, 0.717) is 40.3 Å². The topological polar surface area (TPSA) is 79.9 Å². The van der Waals surface area contributed by atoms with Crippen molar-refractivity contribution in [3.05, 3.63) is 56.5 Å². The summed E-state index contributed by atoms with van der Waals surface area (Å²) in [5, 5.41) is 7.12. The Balaban J connectivity index is 1.46. The molecule has 0 aliphatic carbocycles. The van der Waals surface area contributed by atoms with Crippen LogP contribution in [0.25, 0.3) is 0 Å². The van der Waals surface area contributed by atoms with E-state index in [1.165, 1.54) is 20.1 Å². The molecule has 2 aliphatic rings. The van der Waals surface area contributed by atoms with Crippen molar-refractivity contribution in [2.75, 3.05) is 25.6 Å². The van der Waals surface area contributed by atoms with Crippen LogP contribution in [0.1, 0.15) is 35.7 Å². The quantitative estimate of drug-likeness (QED) is 0.567. The third kappa shape index (κ3) is 5.61. The van der Waals surface area contributed by atoms with E-state index in [4.69, 9.17) is 44.3 Å². The van der Waals surface area contributed by atoms with Crippen molar-refractivity contribution in [3.8, 4) is 5.75 Å². The molecule has 4 rings (SSSR count). The lowest BCUT2D eigenvalue weighted by molar-refractivity contribution is -0.114. The second kappa shape index (κ2) is 10.7. The largest absolute Gasteiger partial charge is 0.496 e. The molecule has 2 aliphatic heterocycles. The number of carbonyl (C=O) groups is 2. The number of fused-ring (bicyclic) bond motifs is 2. The number of ether oxygens (including phenoxy) is 2. The molecule has 2 aromatic rings. The molecule has 2 heterocycles. The lowest BCUT2D eigenvalue weighted by Crippen LogP contribution is -2.60. The Morgan fingerprint density at radius 3 is 2.38 bits per heavy atom. The monoisotopic (exact) mass is 525 g/mol. The summed E-state index contributed by atoms with van der Waals surface area (Å²) in [7, 11) is 1.47. The van der Waals surface area contributed by atoms with Crippen LogP contribution in [0.5, 0.6) is 5.75 Å². The number of hydrogen-bond donors (Lipinski definition) is 2. The molecule has 0 saturated carbocycles. The van der Waals surface area contributed by atoms with Crippen molar-refractivity contribution < 1.29 is 19.1 Å². The maximum atomic E-state index is 13.1. The predicted molar refractivity (Wildman–Crippen MR) is 133 cm³/mol. The Morgan fingerprint density at radius 1 is 1.06 bits per heavy atom. The summed E-state index contributed by atoms with van der Waals surface area (Å²) < 4.78 is 11.2. The summed E-state index contributed by atoms with van der Waals surface area (Å²) >= 11 is 18.5. The first kappa shape index (κ1) is 25.1. The fourth-order valence-electron chi connectivity index (χ4n) is 4.66. The van der Waals surface area contributed by atoms with Crippen LogP contribution >= 0.6 is 34.8 Å². The SMILES string of the molecule is COc1cc(NC(C)=O)c(Cl)cc1C(=O)NC1CC2COCC(C1)N2Cc1ccc(Cl)c(Cl)c1. The Morgan fingerprint density at radius 2 is 1.76 bits per heavy atom. The Labute approximate surface area is 213 Å². The number of morpholine rings is 1. The minimum atomic E-state index is -0.268. The average molecular weight is 527 g/mol. The molecule has 2 N–H and O–H groups in total. The minimum Gasteiger partial charge on any atom is -0.496 e. The van der Waals surface area contributed by atoms with Gasteiger partial charge < -0.3 is 20.1 Å². The van der Waals surface area contributed by atoms with Crippen LogP contribution in [-0.2, 0) is 16.1 Å². The molecule has 0 spiro atoms. The van der Waals surface area contributed by atoms with Gasteiger partial charge in [-0.25, -0.2) is 0 Å². The molecule has 2 atom stereocenters. The van der Waals surface area contributed by atoms with Crippen LogP contribution in [0.3, 0.4) is 0 Å². The van der Waals surface area contributed by atoms with Crippen LogP contribution in [0.15, 0.2) is 30.3 Å². The van der Waals surface area contributed by atoms with Gasteiger partial charge in [0.15, 0.2) is 0 Å². The highest BCUT2D eigenvalue weighted by Crippen LogP contribution is 2.33. The van der Waals surface area contributed by atoms with Gasteiger partial charge in [0.25, 0.3) is 5.91 Å². The van der Waals surface area contributed by atoms with Crippen LogP contribution in [0.4, 0.5) is 5.69 Å². The summed E-state index contributed by atoms with van der Waals surface area (Å²) in [6.45, 7) is 3.33. The first-order valence-electron chi connectivity index (χ1n) is 11.0. The molecule has 7 nitrogen and oxygen atoms in total. The molecular formula is C24H26Cl3N3O4. The van der Waals surface area contributed by atoms with Crippen molar-refractivity contribution >= 4 is 52.3 Å². The summed E-state index contributed by atoms with van der Waals surface area (Å²) in [5.74, 6) is -0.191. The first-order valence-corrected chi connectivity index (χ1v) is 12.1. The van der Waals surface area contributed by atoms with E-state index in [0.717, 1.165) is 24.9 Å². The fourth-order valence-corrected chi connectivity index (χ4v) is 5.19. The van der Waals surface area contributed by atoms with Crippen molar-refractivity contribution in [2.24, 2.45) is 0 Å². The lowest BCUT2D eigenvalue weighted by atomic mass is 9.89. The zero-order valence-electron chi connectivity index (χ0n) is 18.9. The van der Waals surface area contributed by atoms with Gasteiger partial charge in [0, 0.05) is 37.7 Å². The highest BCUT2D eigenvalue weighted by atomic mass is 35.5. The summed E-state index contributed by atoms with van der Waals surface area (Å²) in [4.78, 5) is 27.0. The van der Waals surface area contributed by atoms with Crippen LogP contribution < -0.4 is 15.4 Å². The highest BCUT2D eigenvalue weighted by molar-refractivity contribution is 6.42. The molecule has 0 aromatic heterocycles. The normalized spacial score (nSPS) is 22.2. The van der Waals surface area contributed by atoms with Gasteiger partial charge in [0.05, 0.1) is 46.6 Å². The molecule has 2 unspecified atom stereocenters. The third-order valence-corrected chi connectivity index (χ3v) is 7.25. The van der Waals surface area contributed by atoms with Gasteiger partial charge in [-0.2, -0.15) is 0 Å². The number of anilines is 1. The number of amides is 2. The number of methoxy groups -OCH3 is 1. The second-order valence-electron chi connectivity index (χ2n) is 8.62. The van der Waals surface area contributed by atoms with Gasteiger partial charge in [0.2, 0.25) is 5.91 Å². The number of benzene rings is 2. The van der Waals surface area contributed by atoms with Gasteiger partial charge in [-0.3, -0.25) is 14.5 Å². The Kier molecular flexibility index (Phi) is 7.90. The number of nitrogens with zero attached hydrogens (tertiary/aromatic N) is 1. The van der Waals surface area contributed by atoms with Gasteiger partial charge >= 0.3 is 0 Å². The molecule has 2 aromatic carbocycles. The van der Waals surface area contributed by atoms with Crippen LogP contribution in [-0.4, -0.2) is 55.2 Å². The zero-order chi connectivity index (χ0) is 24.4. The molecule has 2 bridgehead atoms. The number of halogens is 3. The van der Waals surface area contributed by atoms with Crippen LogP contribution in [0, 0.1) is 0 Å². The van der Waals surface area contributed by atoms with E-state index >= 15 is 0 Å². The minimum absolute atomic E-state index is 0.0186. The first-order chi connectivity index (χ1) is 16.2. The van der Waals surface area contributed by atoms with Crippen molar-refractivity contribution in [1.29, 1.82) is 0 Å². The number of nitrogens with one attached hydrogen (secondary N) is 2. The van der Waals surface area contributed by atoms with E-state index in [9.17, 15) is 9.59 Å². The Hall–Kier alpha value is -2.03. The van der Waals surface area contributed by atoms with Crippen molar-refractivity contribution in [3.63, 3.8) is 0 Å². The maximum Gasteiger partial charge on any atom is 0.255 e. The molecular weight excluding hydrogens is 501 g/mol. The molecule has 2 saturated heterocycles.